The maximum Gasteiger partial charge on any atom is 0.358 e. The second-order valence-electron chi connectivity index (χ2n) is 5.15. The zero-order valence-electron chi connectivity index (χ0n) is 14.4. The minimum absolute atomic E-state index is 0.0437. The summed E-state index contributed by atoms with van der Waals surface area (Å²) in [6.07, 6.45) is 7.60. The molecule has 132 valence electrons. The van der Waals surface area contributed by atoms with Crippen LogP contribution in [0.2, 0.25) is 0 Å². The number of aryl methyl sites for hydroxylation is 2. The number of nitrogen functional groups attached to an aromatic ring is 1. The van der Waals surface area contributed by atoms with Gasteiger partial charge in [-0.3, -0.25) is 4.68 Å². The number of hydrogen-bond donors (Lipinski definition) is 4. The van der Waals surface area contributed by atoms with Crippen molar-refractivity contribution in [2.45, 2.75) is 46.6 Å². The van der Waals surface area contributed by atoms with Crippen molar-refractivity contribution in [3.8, 4) is 0 Å². The number of anilines is 1. The number of carboxylic acid groups (broad SMARTS) is 1. The van der Waals surface area contributed by atoms with Crippen molar-refractivity contribution < 1.29 is 9.90 Å². The van der Waals surface area contributed by atoms with E-state index >= 15 is 0 Å². The quantitative estimate of drug-likeness (QED) is 0.574. The molecule has 0 radical (unpaired) electrons. The standard InChI is InChI=1S/C14H20N6O2.C2H6/c1-9-7-17-13(16)11(9)6-10(15)4-2-3-5-20-8-12(14(21)22)18-19-20;1-2/h6-8,17H,2-5,15-16H2,1H3,(H,21,22);1-2H3/b10-6-;. The number of aromatic nitrogens is 4. The molecule has 8 nitrogen and oxygen atoms in total. The van der Waals surface area contributed by atoms with Crippen molar-refractivity contribution in [3.63, 3.8) is 0 Å². The molecule has 2 aromatic rings. The van der Waals surface area contributed by atoms with E-state index in [-0.39, 0.29) is 5.69 Å². The van der Waals surface area contributed by atoms with Gasteiger partial charge >= 0.3 is 5.97 Å². The number of nitrogens with zero attached hydrogens (tertiary/aromatic N) is 3. The Balaban J connectivity index is 0.00000139. The van der Waals surface area contributed by atoms with Crippen LogP contribution in [-0.2, 0) is 6.54 Å². The molecule has 0 aromatic carbocycles. The molecular weight excluding hydrogens is 308 g/mol. The lowest BCUT2D eigenvalue weighted by atomic mass is 10.1. The molecule has 0 fully saturated rings. The number of carbonyl (C=O) groups is 1. The molecule has 24 heavy (non-hydrogen) atoms. The van der Waals surface area contributed by atoms with Gasteiger partial charge in [-0.05, 0) is 37.8 Å². The molecule has 6 N–H and O–H groups in total. The van der Waals surface area contributed by atoms with Gasteiger partial charge in [0.25, 0.3) is 0 Å². The molecule has 0 aliphatic rings. The molecule has 0 atom stereocenters. The molecule has 2 rings (SSSR count). The second kappa shape index (κ2) is 9.39. The predicted octanol–water partition coefficient (Wildman–Crippen LogP) is 2.39. The number of allylic oxidation sites excluding steroid dienone is 1. The molecule has 0 saturated heterocycles. The summed E-state index contributed by atoms with van der Waals surface area (Å²) in [5, 5.41) is 16.1. The van der Waals surface area contributed by atoms with Crippen LogP contribution in [0.5, 0.6) is 0 Å². The van der Waals surface area contributed by atoms with Crippen LogP contribution in [0.1, 0.15) is 54.7 Å². The topological polar surface area (TPSA) is 136 Å². The number of nitrogens with two attached hydrogens (primary N) is 2. The van der Waals surface area contributed by atoms with E-state index in [1.807, 2.05) is 33.0 Å². The van der Waals surface area contributed by atoms with Crippen molar-refractivity contribution in [1.29, 1.82) is 0 Å². The first-order valence-corrected chi connectivity index (χ1v) is 8.00. The summed E-state index contributed by atoms with van der Waals surface area (Å²) in [6, 6.07) is 0. The summed E-state index contributed by atoms with van der Waals surface area (Å²) in [4.78, 5) is 13.6. The summed E-state index contributed by atoms with van der Waals surface area (Å²) in [6.45, 7) is 6.58. The molecule has 8 heteroatoms. The monoisotopic (exact) mass is 334 g/mol. The van der Waals surface area contributed by atoms with Gasteiger partial charge in [0.15, 0.2) is 5.69 Å². The Bertz CT molecular complexity index is 667. The van der Waals surface area contributed by atoms with Crippen LogP contribution in [0.3, 0.4) is 0 Å². The number of hydrogen-bond acceptors (Lipinski definition) is 5. The van der Waals surface area contributed by atoms with Crippen molar-refractivity contribution in [2.75, 3.05) is 5.73 Å². The Morgan fingerprint density at radius 3 is 2.67 bits per heavy atom. The van der Waals surface area contributed by atoms with Crippen molar-refractivity contribution in [1.82, 2.24) is 20.0 Å². The number of rotatable bonds is 7. The average Bonchev–Trinajstić information content (AvgIpc) is 3.16. The lowest BCUT2D eigenvalue weighted by Crippen LogP contribution is -2.02. The molecule has 0 spiro atoms. The summed E-state index contributed by atoms with van der Waals surface area (Å²) in [7, 11) is 0. The molecule has 2 heterocycles. The van der Waals surface area contributed by atoms with E-state index in [2.05, 4.69) is 15.3 Å². The highest BCUT2D eigenvalue weighted by Crippen LogP contribution is 2.19. The largest absolute Gasteiger partial charge is 0.476 e. The minimum atomic E-state index is -1.07. The number of unbranched alkanes of at least 4 members (excludes halogenated alkanes) is 1. The van der Waals surface area contributed by atoms with Crippen LogP contribution >= 0.6 is 0 Å². The zero-order valence-corrected chi connectivity index (χ0v) is 14.4. The van der Waals surface area contributed by atoms with Crippen LogP contribution in [0, 0.1) is 6.92 Å². The normalized spacial score (nSPS) is 11.0. The first kappa shape index (κ1) is 19.3. The summed E-state index contributed by atoms with van der Waals surface area (Å²) < 4.78 is 1.53. The van der Waals surface area contributed by atoms with E-state index in [1.54, 1.807) is 0 Å². The molecule has 0 bridgehead atoms. The van der Waals surface area contributed by atoms with Crippen LogP contribution in [0.15, 0.2) is 18.1 Å². The highest BCUT2D eigenvalue weighted by Gasteiger charge is 2.07. The van der Waals surface area contributed by atoms with Crippen LogP contribution in [0.25, 0.3) is 6.08 Å². The fraction of sp³-hybridized carbons (Fsp3) is 0.438. The Morgan fingerprint density at radius 1 is 1.42 bits per heavy atom. The van der Waals surface area contributed by atoms with E-state index in [4.69, 9.17) is 16.6 Å². The van der Waals surface area contributed by atoms with Crippen LogP contribution in [0.4, 0.5) is 5.82 Å². The third kappa shape index (κ3) is 5.45. The SMILES string of the molecule is CC.Cc1c[nH]c(N)c1/C=C(\N)CCCCn1cc(C(=O)O)nn1. The van der Waals surface area contributed by atoms with Gasteiger partial charge in [0.05, 0.1) is 6.20 Å². The maximum absolute atomic E-state index is 10.7. The highest BCUT2D eigenvalue weighted by molar-refractivity contribution is 5.84. The third-order valence-corrected chi connectivity index (χ3v) is 3.35. The van der Waals surface area contributed by atoms with Gasteiger partial charge in [-0.25, -0.2) is 4.79 Å². The fourth-order valence-electron chi connectivity index (χ4n) is 2.11. The first-order chi connectivity index (χ1) is 11.5. The Kier molecular flexibility index (Phi) is 7.54. The van der Waals surface area contributed by atoms with Crippen molar-refractivity contribution in [3.05, 3.63) is 34.9 Å². The predicted molar refractivity (Wildman–Crippen MR) is 94.3 cm³/mol. The van der Waals surface area contributed by atoms with Crippen molar-refractivity contribution in [2.24, 2.45) is 5.73 Å². The number of aromatic amines is 1. The van der Waals surface area contributed by atoms with E-state index in [9.17, 15) is 4.79 Å². The Morgan fingerprint density at radius 2 is 2.12 bits per heavy atom. The van der Waals surface area contributed by atoms with E-state index in [0.29, 0.717) is 12.4 Å². The number of H-pyrrole nitrogens is 1. The first-order valence-electron chi connectivity index (χ1n) is 8.00. The maximum atomic E-state index is 10.7. The van der Waals surface area contributed by atoms with Gasteiger partial charge in [0.1, 0.15) is 5.82 Å². The summed E-state index contributed by atoms with van der Waals surface area (Å²) in [5.41, 5.74) is 14.5. The number of aromatic carboxylic acids is 1. The number of carboxylic acids is 1. The minimum Gasteiger partial charge on any atom is -0.476 e. The van der Waals surface area contributed by atoms with Gasteiger partial charge in [0, 0.05) is 24.0 Å². The molecule has 0 unspecified atom stereocenters. The zero-order chi connectivity index (χ0) is 18.1. The molecule has 2 aromatic heterocycles. The lowest BCUT2D eigenvalue weighted by molar-refractivity contribution is 0.0690. The Hall–Kier alpha value is -2.77. The average molecular weight is 334 g/mol. The van der Waals surface area contributed by atoms with Gasteiger partial charge in [-0.15, -0.1) is 5.10 Å². The second-order valence-corrected chi connectivity index (χ2v) is 5.15. The highest BCUT2D eigenvalue weighted by atomic mass is 16.4. The molecule has 0 saturated carbocycles. The van der Waals surface area contributed by atoms with Gasteiger partial charge in [-0.1, -0.05) is 19.1 Å². The molecular formula is C16H26N6O2. The molecule has 0 aliphatic heterocycles. The molecule has 0 aliphatic carbocycles. The van der Waals surface area contributed by atoms with E-state index in [0.717, 1.165) is 36.1 Å². The molecule has 0 amide bonds. The van der Waals surface area contributed by atoms with Gasteiger partial charge in [-0.2, -0.15) is 0 Å². The lowest BCUT2D eigenvalue weighted by Gasteiger charge is -2.03. The van der Waals surface area contributed by atoms with Gasteiger partial charge < -0.3 is 21.6 Å². The smallest absolute Gasteiger partial charge is 0.358 e. The van der Waals surface area contributed by atoms with Gasteiger partial charge in [0.2, 0.25) is 0 Å². The van der Waals surface area contributed by atoms with E-state index < -0.39 is 5.97 Å². The summed E-state index contributed by atoms with van der Waals surface area (Å²) in [5.74, 6) is -0.456. The van der Waals surface area contributed by atoms with Crippen LogP contribution < -0.4 is 11.5 Å². The van der Waals surface area contributed by atoms with Crippen LogP contribution in [-0.4, -0.2) is 31.1 Å². The fourth-order valence-corrected chi connectivity index (χ4v) is 2.11. The summed E-state index contributed by atoms with van der Waals surface area (Å²) >= 11 is 0. The van der Waals surface area contributed by atoms with Crippen molar-refractivity contribution >= 4 is 17.9 Å². The Labute approximate surface area is 141 Å². The number of nitrogens with one attached hydrogen (secondary N) is 1. The van der Waals surface area contributed by atoms with E-state index in [1.165, 1.54) is 10.9 Å². The third-order valence-electron chi connectivity index (χ3n) is 3.35.